The Balaban J connectivity index is 2.52. The largest absolute Gasteiger partial charge is 0.308 e. The van der Waals surface area contributed by atoms with Gasteiger partial charge in [-0.3, -0.25) is 14.2 Å². The minimum absolute atomic E-state index is 0.102. The summed E-state index contributed by atoms with van der Waals surface area (Å²) in [4.78, 5) is 26.2. The summed E-state index contributed by atoms with van der Waals surface area (Å²) < 4.78 is 1.31. The average molecular weight is 268 g/mol. The summed E-state index contributed by atoms with van der Waals surface area (Å²) in [6.45, 7) is 5.60. The van der Waals surface area contributed by atoms with Crippen molar-refractivity contribution in [2.45, 2.75) is 6.92 Å². The van der Waals surface area contributed by atoms with E-state index in [2.05, 4.69) is 11.6 Å². The standard InChI is InChI=1S/C16H16N2O2/c1-11-7-4-5-8-13(11)9-6-10-14-15(19)17-12(2)18(3)16(14)20/h4-10H,2H2,1,3H3,(H,17,19). The molecule has 20 heavy (non-hydrogen) atoms. The Labute approximate surface area is 116 Å². The van der Waals surface area contributed by atoms with E-state index in [-0.39, 0.29) is 10.8 Å². The summed E-state index contributed by atoms with van der Waals surface area (Å²) in [6.07, 6.45) is 5.09. The zero-order valence-electron chi connectivity index (χ0n) is 11.5. The molecule has 0 amide bonds. The summed E-state index contributed by atoms with van der Waals surface area (Å²) in [5.74, 6) is 0. The first-order valence-electron chi connectivity index (χ1n) is 6.23. The van der Waals surface area contributed by atoms with Crippen LogP contribution in [0.1, 0.15) is 11.1 Å². The van der Waals surface area contributed by atoms with E-state index in [4.69, 9.17) is 0 Å². The van der Waals surface area contributed by atoms with E-state index in [9.17, 15) is 9.59 Å². The van der Waals surface area contributed by atoms with Gasteiger partial charge in [0.05, 0.1) is 0 Å². The molecule has 102 valence electrons. The number of aryl methyl sites for hydroxylation is 1. The van der Waals surface area contributed by atoms with Gasteiger partial charge in [0.1, 0.15) is 10.7 Å². The highest BCUT2D eigenvalue weighted by Crippen LogP contribution is 2.08. The number of rotatable bonds is 2. The van der Waals surface area contributed by atoms with Crippen LogP contribution in [-0.2, 0) is 7.05 Å². The zero-order chi connectivity index (χ0) is 14.7. The van der Waals surface area contributed by atoms with Gasteiger partial charge in [0.25, 0.3) is 11.1 Å². The fraction of sp³-hybridized carbons (Fsp3) is 0.125. The van der Waals surface area contributed by atoms with Crippen molar-refractivity contribution in [2.75, 3.05) is 0 Å². The Bertz CT molecular complexity index is 886. The predicted octanol–water partition coefficient (Wildman–Crippen LogP) is 0.286. The zero-order valence-corrected chi connectivity index (χ0v) is 11.5. The van der Waals surface area contributed by atoms with Crippen LogP contribution in [-0.4, -0.2) is 9.55 Å². The van der Waals surface area contributed by atoms with Crippen molar-refractivity contribution >= 4 is 18.7 Å². The lowest BCUT2D eigenvalue weighted by Crippen LogP contribution is -2.52. The topological polar surface area (TPSA) is 54.9 Å². The fourth-order valence-electron chi connectivity index (χ4n) is 1.85. The molecule has 0 aliphatic rings. The van der Waals surface area contributed by atoms with Crippen LogP contribution in [0.5, 0.6) is 0 Å². The number of benzene rings is 1. The van der Waals surface area contributed by atoms with Gasteiger partial charge in [-0.05, 0) is 24.1 Å². The van der Waals surface area contributed by atoms with Gasteiger partial charge in [-0.2, -0.15) is 0 Å². The third-order valence-corrected chi connectivity index (χ3v) is 3.17. The Hall–Kier alpha value is -2.62. The molecule has 4 heteroatoms. The van der Waals surface area contributed by atoms with Crippen molar-refractivity contribution in [1.82, 2.24) is 9.55 Å². The number of nitrogens with one attached hydrogen (secondary N) is 1. The molecule has 0 saturated carbocycles. The molecule has 0 bridgehead atoms. The molecular formula is C16H16N2O2. The molecule has 1 aromatic heterocycles. The SMILES string of the molecule is C=c1[nH]c(=O)c(=CC=Cc2ccccc2C)c(=O)n1C. The molecule has 2 rings (SSSR count). The van der Waals surface area contributed by atoms with Gasteiger partial charge in [-0.25, -0.2) is 0 Å². The number of hydrogen-bond acceptors (Lipinski definition) is 2. The highest BCUT2D eigenvalue weighted by Gasteiger charge is 1.98. The summed E-state index contributed by atoms with van der Waals surface area (Å²) >= 11 is 0. The second kappa shape index (κ2) is 5.57. The Kier molecular flexibility index (Phi) is 3.84. The van der Waals surface area contributed by atoms with E-state index in [1.54, 1.807) is 13.1 Å². The maximum absolute atomic E-state index is 12.0. The Morgan fingerprint density at radius 2 is 1.95 bits per heavy atom. The molecule has 1 heterocycles. The molecule has 1 N–H and O–H groups in total. The van der Waals surface area contributed by atoms with Crippen LogP contribution in [0.4, 0.5) is 0 Å². The van der Waals surface area contributed by atoms with Crippen molar-refractivity contribution in [1.29, 1.82) is 0 Å². The molecule has 0 radical (unpaired) electrons. The van der Waals surface area contributed by atoms with Gasteiger partial charge in [0, 0.05) is 7.05 Å². The summed E-state index contributed by atoms with van der Waals surface area (Å²) in [6, 6.07) is 7.88. The van der Waals surface area contributed by atoms with Crippen molar-refractivity contribution in [3.63, 3.8) is 0 Å². The average Bonchev–Trinajstić information content (AvgIpc) is 2.42. The number of aromatic amines is 1. The minimum atomic E-state index is -0.424. The first kappa shape index (κ1) is 13.8. The molecular weight excluding hydrogens is 252 g/mol. The quantitative estimate of drug-likeness (QED) is 0.851. The smallest absolute Gasteiger partial charge is 0.264 e. The van der Waals surface area contributed by atoms with Gasteiger partial charge < -0.3 is 4.98 Å². The van der Waals surface area contributed by atoms with E-state index < -0.39 is 5.56 Å². The van der Waals surface area contributed by atoms with Crippen LogP contribution in [0.3, 0.4) is 0 Å². The second-order valence-corrected chi connectivity index (χ2v) is 4.56. The molecule has 0 saturated heterocycles. The van der Waals surface area contributed by atoms with Crippen molar-refractivity contribution < 1.29 is 0 Å². The molecule has 0 atom stereocenters. The molecule has 0 aliphatic carbocycles. The molecule has 0 aliphatic heterocycles. The van der Waals surface area contributed by atoms with Gasteiger partial charge in [-0.15, -0.1) is 0 Å². The maximum atomic E-state index is 12.0. The molecule has 0 spiro atoms. The Morgan fingerprint density at radius 3 is 2.65 bits per heavy atom. The summed E-state index contributed by atoms with van der Waals surface area (Å²) in [7, 11) is 1.57. The number of H-pyrrole nitrogens is 1. The van der Waals surface area contributed by atoms with E-state index in [0.29, 0.717) is 5.48 Å². The number of nitrogens with zero attached hydrogens (tertiary/aromatic N) is 1. The normalized spacial score (nSPS) is 12.2. The Morgan fingerprint density at radius 1 is 1.25 bits per heavy atom. The van der Waals surface area contributed by atoms with E-state index >= 15 is 0 Å². The third-order valence-electron chi connectivity index (χ3n) is 3.17. The van der Waals surface area contributed by atoms with Crippen molar-refractivity contribution in [3.05, 3.63) is 72.9 Å². The lowest BCUT2D eigenvalue weighted by Gasteiger charge is -1.97. The molecule has 0 unspecified atom stereocenters. The first-order valence-corrected chi connectivity index (χ1v) is 6.23. The van der Waals surface area contributed by atoms with Crippen LogP contribution in [0.25, 0.3) is 18.7 Å². The fourth-order valence-corrected chi connectivity index (χ4v) is 1.85. The number of allylic oxidation sites excluding steroid dienone is 1. The van der Waals surface area contributed by atoms with E-state index in [1.165, 1.54) is 10.6 Å². The first-order chi connectivity index (χ1) is 9.50. The van der Waals surface area contributed by atoms with Crippen LogP contribution in [0, 0.1) is 6.92 Å². The molecule has 4 nitrogen and oxygen atoms in total. The van der Waals surface area contributed by atoms with E-state index in [1.807, 2.05) is 37.3 Å². The van der Waals surface area contributed by atoms with Crippen molar-refractivity contribution in [3.8, 4) is 0 Å². The maximum Gasteiger partial charge on any atom is 0.264 e. The number of aromatic nitrogens is 2. The van der Waals surface area contributed by atoms with Crippen LogP contribution in [0.15, 0.2) is 39.9 Å². The highest BCUT2D eigenvalue weighted by molar-refractivity contribution is 5.59. The van der Waals surface area contributed by atoms with Gasteiger partial charge in [0.2, 0.25) is 0 Å². The predicted molar refractivity (Wildman–Crippen MR) is 81.8 cm³/mol. The lowest BCUT2D eigenvalue weighted by atomic mass is 10.1. The monoisotopic (exact) mass is 268 g/mol. The van der Waals surface area contributed by atoms with Crippen LogP contribution >= 0.6 is 0 Å². The van der Waals surface area contributed by atoms with Crippen LogP contribution < -0.4 is 21.8 Å². The lowest BCUT2D eigenvalue weighted by molar-refractivity contribution is 0.764. The number of hydrogen-bond donors (Lipinski definition) is 1. The highest BCUT2D eigenvalue weighted by atomic mass is 16.1. The van der Waals surface area contributed by atoms with Gasteiger partial charge in [0.15, 0.2) is 0 Å². The molecule has 0 fully saturated rings. The third kappa shape index (κ3) is 2.69. The molecule has 2 aromatic rings. The second-order valence-electron chi connectivity index (χ2n) is 4.56. The summed E-state index contributed by atoms with van der Waals surface area (Å²) in [5.41, 5.74) is 1.69. The van der Waals surface area contributed by atoms with Gasteiger partial charge >= 0.3 is 0 Å². The molecule has 1 aromatic carbocycles. The van der Waals surface area contributed by atoms with Gasteiger partial charge in [-0.1, -0.05) is 43.0 Å². The van der Waals surface area contributed by atoms with E-state index in [0.717, 1.165) is 11.1 Å². The summed E-state index contributed by atoms with van der Waals surface area (Å²) in [5, 5.41) is 0.102. The van der Waals surface area contributed by atoms with Crippen molar-refractivity contribution in [2.24, 2.45) is 7.05 Å². The minimum Gasteiger partial charge on any atom is -0.308 e. The van der Waals surface area contributed by atoms with Crippen LogP contribution in [0.2, 0.25) is 0 Å².